The van der Waals surface area contributed by atoms with E-state index in [1.54, 1.807) is 22.9 Å². The van der Waals surface area contributed by atoms with Gasteiger partial charge in [0.25, 0.3) is 5.56 Å². The predicted octanol–water partition coefficient (Wildman–Crippen LogP) is 2.66. The smallest absolute Gasteiger partial charge is 0.270 e. The van der Waals surface area contributed by atoms with Crippen LogP contribution in [0.3, 0.4) is 0 Å². The molecule has 28 heavy (non-hydrogen) atoms. The molecule has 0 aliphatic carbocycles. The molecule has 0 radical (unpaired) electrons. The Hall–Kier alpha value is -2.74. The van der Waals surface area contributed by atoms with Gasteiger partial charge in [-0.25, -0.2) is 13.4 Å². The number of rotatable bonds is 7. The van der Waals surface area contributed by atoms with Crippen molar-refractivity contribution in [3.63, 3.8) is 0 Å². The summed E-state index contributed by atoms with van der Waals surface area (Å²) < 4.78 is 26.8. The fraction of sp³-hybridized carbons (Fsp3) is 0.350. The number of benzene rings is 1. The molecule has 8 heteroatoms. The first kappa shape index (κ1) is 20.0. The fourth-order valence-corrected chi connectivity index (χ4v) is 3.95. The van der Waals surface area contributed by atoms with Crippen LogP contribution in [0.15, 0.2) is 40.5 Å². The zero-order chi connectivity index (χ0) is 20.5. The monoisotopic (exact) mass is 400 g/mol. The van der Waals surface area contributed by atoms with Gasteiger partial charge >= 0.3 is 0 Å². The Morgan fingerprint density at radius 1 is 1.25 bits per heavy atom. The maximum atomic E-state index is 13.1. The minimum atomic E-state index is -3.31. The minimum absolute atomic E-state index is 0.217. The Bertz CT molecular complexity index is 1210. The van der Waals surface area contributed by atoms with E-state index < -0.39 is 9.84 Å². The summed E-state index contributed by atoms with van der Waals surface area (Å²) in [5.41, 5.74) is 2.43. The molecule has 7 nitrogen and oxygen atoms in total. The van der Waals surface area contributed by atoms with Crippen molar-refractivity contribution < 1.29 is 8.42 Å². The van der Waals surface area contributed by atoms with Crippen molar-refractivity contribution >= 4 is 27.1 Å². The van der Waals surface area contributed by atoms with Gasteiger partial charge in [-0.2, -0.15) is 5.10 Å². The molecule has 1 aromatic carbocycles. The number of aryl methyl sites for hydroxylation is 2. The van der Waals surface area contributed by atoms with E-state index in [2.05, 4.69) is 18.6 Å². The molecular formula is C20H24N4O3S. The first-order valence-electron chi connectivity index (χ1n) is 9.22. The lowest BCUT2D eigenvalue weighted by atomic mass is 10.1. The van der Waals surface area contributed by atoms with E-state index >= 15 is 0 Å². The van der Waals surface area contributed by atoms with Crippen molar-refractivity contribution in [1.29, 1.82) is 0 Å². The predicted molar refractivity (Wildman–Crippen MR) is 110 cm³/mol. The highest BCUT2D eigenvalue weighted by atomic mass is 32.2. The summed E-state index contributed by atoms with van der Waals surface area (Å²) in [4.78, 5) is 18.1. The molecule has 2 heterocycles. The molecule has 3 aromatic rings. The largest absolute Gasteiger partial charge is 0.283 e. The van der Waals surface area contributed by atoms with Crippen molar-refractivity contribution in [2.45, 2.75) is 44.6 Å². The van der Waals surface area contributed by atoms with Crippen LogP contribution in [0.1, 0.15) is 37.4 Å². The number of sulfone groups is 1. The van der Waals surface area contributed by atoms with Crippen molar-refractivity contribution in [3.05, 3.63) is 58.3 Å². The third-order valence-corrected chi connectivity index (χ3v) is 5.71. The van der Waals surface area contributed by atoms with Gasteiger partial charge in [-0.3, -0.25) is 14.0 Å². The third kappa shape index (κ3) is 3.64. The number of nitrogens with zero attached hydrogens (tertiary/aromatic N) is 4. The maximum absolute atomic E-state index is 13.1. The zero-order valence-corrected chi connectivity index (χ0v) is 17.2. The summed E-state index contributed by atoms with van der Waals surface area (Å²) in [6.45, 7) is 8.32. The van der Waals surface area contributed by atoms with E-state index in [0.29, 0.717) is 29.8 Å². The van der Waals surface area contributed by atoms with Gasteiger partial charge in [0, 0.05) is 25.4 Å². The number of hydrogen-bond donors (Lipinski definition) is 0. The lowest BCUT2D eigenvalue weighted by Crippen LogP contribution is -2.23. The lowest BCUT2D eigenvalue weighted by Gasteiger charge is -2.10. The van der Waals surface area contributed by atoms with Gasteiger partial charge in [0.15, 0.2) is 15.4 Å². The summed E-state index contributed by atoms with van der Waals surface area (Å²) in [7, 11) is -3.31. The van der Waals surface area contributed by atoms with Crippen LogP contribution in [0.25, 0.3) is 17.2 Å². The molecule has 0 unspecified atom stereocenters. The maximum Gasteiger partial charge on any atom is 0.283 e. The van der Waals surface area contributed by atoms with Gasteiger partial charge in [0.1, 0.15) is 11.3 Å². The van der Waals surface area contributed by atoms with Crippen LogP contribution in [-0.4, -0.2) is 34.0 Å². The van der Waals surface area contributed by atoms with Crippen LogP contribution in [0.5, 0.6) is 0 Å². The molecule has 148 valence electrons. The topological polar surface area (TPSA) is 86.8 Å². The molecule has 0 atom stereocenters. The fourth-order valence-electron chi connectivity index (χ4n) is 3.26. The molecule has 0 saturated carbocycles. The van der Waals surface area contributed by atoms with Gasteiger partial charge < -0.3 is 0 Å². The van der Waals surface area contributed by atoms with Gasteiger partial charge in [-0.15, -0.1) is 0 Å². The summed E-state index contributed by atoms with van der Waals surface area (Å²) in [6.07, 6.45) is 4.55. The molecular weight excluding hydrogens is 376 g/mol. The Balaban J connectivity index is 2.20. The average Bonchev–Trinajstić information content (AvgIpc) is 3.00. The SMILES string of the molecule is C=Cn1c(Cc2cccc(S(C)(=O)=O)c2)nc2c(CCC)nn(CC)c2c1=O. The Morgan fingerprint density at radius 2 is 2.00 bits per heavy atom. The summed E-state index contributed by atoms with van der Waals surface area (Å²) in [5, 5.41) is 4.56. The molecule has 0 saturated heterocycles. The molecule has 0 aliphatic rings. The van der Waals surface area contributed by atoms with E-state index in [0.717, 1.165) is 24.1 Å². The molecule has 0 bridgehead atoms. The minimum Gasteiger partial charge on any atom is -0.270 e. The summed E-state index contributed by atoms with van der Waals surface area (Å²) in [6, 6.07) is 6.68. The first-order valence-corrected chi connectivity index (χ1v) is 11.1. The molecule has 0 fully saturated rings. The van der Waals surface area contributed by atoms with Crippen molar-refractivity contribution in [2.75, 3.05) is 6.26 Å². The van der Waals surface area contributed by atoms with E-state index in [9.17, 15) is 13.2 Å². The second-order valence-corrected chi connectivity index (χ2v) is 8.71. The first-order chi connectivity index (χ1) is 13.3. The van der Waals surface area contributed by atoms with Crippen LogP contribution < -0.4 is 5.56 Å². The van der Waals surface area contributed by atoms with Crippen molar-refractivity contribution in [3.8, 4) is 0 Å². The van der Waals surface area contributed by atoms with Crippen LogP contribution in [0.4, 0.5) is 0 Å². The standard InChI is InChI=1S/C20H24N4O3S/c1-5-9-16-18-19(24(7-3)22-16)20(25)23(6-2)17(21-18)13-14-10-8-11-15(12-14)28(4,26)27/h6,8,10-12H,2,5,7,9,13H2,1,3-4H3. The molecule has 0 N–H and O–H groups in total. The number of hydrogen-bond acceptors (Lipinski definition) is 5. The Kier molecular flexibility index (Phi) is 5.51. The van der Waals surface area contributed by atoms with Gasteiger partial charge in [-0.05, 0) is 31.0 Å². The highest BCUT2D eigenvalue weighted by Gasteiger charge is 2.19. The van der Waals surface area contributed by atoms with Gasteiger partial charge in [-0.1, -0.05) is 32.1 Å². The van der Waals surface area contributed by atoms with Crippen LogP contribution in [-0.2, 0) is 29.2 Å². The molecule has 3 rings (SSSR count). The molecule has 0 amide bonds. The van der Waals surface area contributed by atoms with Crippen LogP contribution in [0.2, 0.25) is 0 Å². The van der Waals surface area contributed by atoms with E-state index in [-0.39, 0.29) is 10.5 Å². The second kappa shape index (κ2) is 7.71. The molecule has 2 aromatic heterocycles. The molecule has 0 aliphatic heterocycles. The van der Waals surface area contributed by atoms with Crippen molar-refractivity contribution in [1.82, 2.24) is 19.3 Å². The lowest BCUT2D eigenvalue weighted by molar-refractivity contribution is 0.601. The van der Waals surface area contributed by atoms with Gasteiger partial charge in [0.05, 0.1) is 10.6 Å². The Labute approximate surface area is 164 Å². The highest BCUT2D eigenvalue weighted by molar-refractivity contribution is 7.90. The zero-order valence-electron chi connectivity index (χ0n) is 16.3. The van der Waals surface area contributed by atoms with Gasteiger partial charge in [0.2, 0.25) is 0 Å². The van der Waals surface area contributed by atoms with Crippen LogP contribution in [0, 0.1) is 0 Å². The van der Waals surface area contributed by atoms with Crippen LogP contribution >= 0.6 is 0 Å². The normalized spacial score (nSPS) is 11.8. The number of fused-ring (bicyclic) bond motifs is 1. The van der Waals surface area contributed by atoms with E-state index in [4.69, 9.17) is 4.98 Å². The second-order valence-electron chi connectivity index (χ2n) is 6.69. The summed E-state index contributed by atoms with van der Waals surface area (Å²) in [5.74, 6) is 0.506. The third-order valence-electron chi connectivity index (χ3n) is 4.60. The Morgan fingerprint density at radius 3 is 2.61 bits per heavy atom. The van der Waals surface area contributed by atoms with E-state index in [1.165, 1.54) is 17.0 Å². The summed E-state index contributed by atoms with van der Waals surface area (Å²) >= 11 is 0. The highest BCUT2D eigenvalue weighted by Crippen LogP contribution is 2.19. The van der Waals surface area contributed by atoms with E-state index in [1.807, 2.05) is 13.0 Å². The quantitative estimate of drug-likeness (QED) is 0.608. The average molecular weight is 401 g/mol. The van der Waals surface area contributed by atoms with Crippen molar-refractivity contribution in [2.24, 2.45) is 0 Å². The molecule has 0 spiro atoms. The number of aromatic nitrogens is 4.